The molecule has 0 radical (unpaired) electrons. The SMILES string of the molecule is CC1CC2C3CCCCC3CCC2C1[Si](C)(C)C1C(C)CC2C3CCCCC3CCC21.[CH3-].[CH3-].[Cl][Zr+2][Cl]. The molecule has 6 aliphatic carbocycles. The van der Waals surface area contributed by atoms with Crippen LogP contribution >= 0.6 is 17.0 Å². The Labute approximate surface area is 246 Å². The van der Waals surface area contributed by atoms with E-state index in [1.165, 1.54) is 0 Å². The van der Waals surface area contributed by atoms with E-state index in [2.05, 4.69) is 26.9 Å². The predicted octanol–water partition coefficient (Wildman–Crippen LogP) is 11.5. The zero-order chi connectivity index (χ0) is 24.0. The van der Waals surface area contributed by atoms with Crippen LogP contribution in [0.3, 0.4) is 0 Å². The van der Waals surface area contributed by atoms with E-state index in [-0.39, 0.29) is 14.9 Å². The molecule has 12 atom stereocenters. The van der Waals surface area contributed by atoms with Crippen molar-refractivity contribution in [2.45, 2.75) is 128 Å². The Kier molecular flexibility index (Phi) is 12.1. The second-order valence-corrected chi connectivity index (χ2v) is 23.3. The molecule has 0 aliphatic heterocycles. The van der Waals surface area contributed by atoms with Crippen LogP contribution in [0, 0.1) is 74.0 Å². The predicted molar refractivity (Wildman–Crippen MR) is 160 cm³/mol. The van der Waals surface area contributed by atoms with E-state index >= 15 is 0 Å². The normalized spacial score (nSPS) is 47.3. The molecule has 0 bridgehead atoms. The molecule has 6 aliphatic rings. The van der Waals surface area contributed by atoms with Crippen LogP contribution in [0.1, 0.15) is 104 Å². The van der Waals surface area contributed by atoms with E-state index in [0.717, 1.165) is 70.3 Å². The van der Waals surface area contributed by atoms with Gasteiger partial charge in [-0.3, -0.25) is 0 Å². The van der Waals surface area contributed by atoms with E-state index in [1.54, 1.807) is 89.9 Å². The summed E-state index contributed by atoms with van der Waals surface area (Å²) in [4.78, 5) is 0. The monoisotopic (exact) mass is 630 g/mol. The molecule has 0 heterocycles. The number of halogens is 2. The van der Waals surface area contributed by atoms with Gasteiger partial charge in [0, 0.05) is 0 Å². The van der Waals surface area contributed by atoms with E-state index in [1.807, 2.05) is 0 Å². The maximum absolute atomic E-state index is 4.93. The molecule has 12 unspecified atom stereocenters. The van der Waals surface area contributed by atoms with E-state index in [0.29, 0.717) is 0 Å². The van der Waals surface area contributed by atoms with Crippen molar-refractivity contribution in [3.8, 4) is 0 Å². The van der Waals surface area contributed by atoms with Gasteiger partial charge in [-0.25, -0.2) is 0 Å². The zero-order valence-electron chi connectivity index (χ0n) is 24.6. The standard InChI is InChI=1S/C30H52Si.2CH3.2ClH.Zr/c1-19-17-27-23-11-7-5-9-21(23)13-15-25(27)29(19)31(3,4)30-20(2)18-28-24-12-8-6-10-22(24)14-16-26(28)30;;;;;/h19-30H,5-18H2,1-4H3;2*1H3;2*1H;/q;2*-1;;;+4/p-2. The second-order valence-electron chi connectivity index (χ2n) is 14.6. The fourth-order valence-electron chi connectivity index (χ4n) is 12.6. The Morgan fingerprint density at radius 2 is 0.889 bits per heavy atom. The topological polar surface area (TPSA) is 0 Å². The Morgan fingerprint density at radius 1 is 0.528 bits per heavy atom. The Hall–Kier alpha value is 1.68. The fourth-order valence-corrected chi connectivity index (χ4v) is 19.3. The summed E-state index contributed by atoms with van der Waals surface area (Å²) in [5.41, 5.74) is 2.30. The summed E-state index contributed by atoms with van der Waals surface area (Å²) in [6, 6.07) is 0. The molecule has 36 heavy (non-hydrogen) atoms. The van der Waals surface area contributed by atoms with Gasteiger partial charge in [0.2, 0.25) is 0 Å². The van der Waals surface area contributed by atoms with Crippen LogP contribution in [0.4, 0.5) is 0 Å². The van der Waals surface area contributed by atoms with Crippen LogP contribution in [0.25, 0.3) is 0 Å². The van der Waals surface area contributed by atoms with Crippen molar-refractivity contribution in [3.63, 3.8) is 0 Å². The molecule has 0 nitrogen and oxygen atoms in total. The Bertz CT molecular complexity index is 631. The van der Waals surface area contributed by atoms with Crippen molar-refractivity contribution < 1.29 is 20.8 Å². The van der Waals surface area contributed by atoms with Gasteiger partial charge in [-0.1, -0.05) is 65.5 Å². The van der Waals surface area contributed by atoms with E-state index < -0.39 is 28.9 Å². The number of hydrogen-bond donors (Lipinski definition) is 0. The van der Waals surface area contributed by atoms with Gasteiger partial charge in [-0.15, -0.1) is 0 Å². The van der Waals surface area contributed by atoms with Gasteiger partial charge in [-0.05, 0) is 122 Å². The molecule has 208 valence electrons. The summed E-state index contributed by atoms with van der Waals surface area (Å²) in [7, 11) is 8.57. The molecule has 4 heteroatoms. The van der Waals surface area contributed by atoms with E-state index in [9.17, 15) is 0 Å². The molecule has 6 saturated carbocycles. The van der Waals surface area contributed by atoms with Gasteiger partial charge in [0.05, 0.1) is 8.07 Å². The zero-order valence-corrected chi connectivity index (χ0v) is 29.6. The average Bonchev–Trinajstić information content (AvgIpc) is 3.36. The minimum atomic E-state index is -1.29. The molecular weight excluding hydrogens is 575 g/mol. The summed E-state index contributed by atoms with van der Waals surface area (Å²) in [6.45, 7) is 11.3. The summed E-state index contributed by atoms with van der Waals surface area (Å²) in [6.07, 6.45) is 22.2. The number of rotatable bonds is 2. The van der Waals surface area contributed by atoms with Crippen LogP contribution in [-0.2, 0) is 20.8 Å². The summed E-state index contributed by atoms with van der Waals surface area (Å²) in [5.74, 6) is 11.1. The quantitative estimate of drug-likeness (QED) is 0.210. The molecule has 6 rings (SSSR count). The molecule has 0 amide bonds. The van der Waals surface area contributed by atoms with Gasteiger partial charge >= 0.3 is 37.9 Å². The molecule has 0 saturated heterocycles. The number of hydrogen-bond acceptors (Lipinski definition) is 0. The van der Waals surface area contributed by atoms with Crippen molar-refractivity contribution >= 4 is 25.1 Å². The van der Waals surface area contributed by atoms with Gasteiger partial charge in [0.15, 0.2) is 0 Å². The van der Waals surface area contributed by atoms with Crippen molar-refractivity contribution in [3.05, 3.63) is 14.9 Å². The van der Waals surface area contributed by atoms with Crippen molar-refractivity contribution in [1.82, 2.24) is 0 Å². The first-order chi connectivity index (χ1) is 16.4. The first-order valence-corrected chi connectivity index (χ1v) is 24.8. The first-order valence-electron chi connectivity index (χ1n) is 15.3. The summed E-state index contributed by atoms with van der Waals surface area (Å²) >= 11 is -0.826. The Morgan fingerprint density at radius 3 is 1.28 bits per heavy atom. The molecule has 0 N–H and O–H groups in total. The van der Waals surface area contributed by atoms with Crippen molar-refractivity contribution in [1.29, 1.82) is 0 Å². The molecule has 0 aromatic heterocycles. The maximum atomic E-state index is 4.93. The molecule has 6 fully saturated rings. The minimum absolute atomic E-state index is 0. The van der Waals surface area contributed by atoms with Crippen LogP contribution in [0.2, 0.25) is 24.2 Å². The van der Waals surface area contributed by atoms with E-state index in [4.69, 9.17) is 17.0 Å². The van der Waals surface area contributed by atoms with Gasteiger partial charge in [-0.2, -0.15) is 0 Å². The number of fused-ring (bicyclic) bond motifs is 6. The van der Waals surface area contributed by atoms with Crippen molar-refractivity contribution in [2.24, 2.45) is 59.2 Å². The fraction of sp³-hybridized carbons (Fsp3) is 0.938. The average molecular weight is 633 g/mol. The molecule has 0 spiro atoms. The first kappa shape index (κ1) is 32.2. The molecule has 0 aromatic carbocycles. The van der Waals surface area contributed by atoms with Gasteiger partial charge in [0.25, 0.3) is 0 Å². The molecular formula is C32H58Cl2SiZr. The summed E-state index contributed by atoms with van der Waals surface area (Å²) < 4.78 is 0. The van der Waals surface area contributed by atoms with Crippen molar-refractivity contribution in [2.75, 3.05) is 0 Å². The van der Waals surface area contributed by atoms with Gasteiger partial charge in [0.1, 0.15) is 0 Å². The van der Waals surface area contributed by atoms with Crippen LogP contribution < -0.4 is 0 Å². The molecule has 0 aromatic rings. The van der Waals surface area contributed by atoms with Gasteiger partial charge < -0.3 is 14.9 Å². The third-order valence-electron chi connectivity index (χ3n) is 13.0. The Balaban J connectivity index is 0.000000690. The summed E-state index contributed by atoms with van der Waals surface area (Å²) in [5, 5.41) is 0. The van der Waals surface area contributed by atoms with Crippen LogP contribution in [-0.4, -0.2) is 8.07 Å². The second kappa shape index (κ2) is 13.6. The third-order valence-corrected chi connectivity index (χ3v) is 18.5. The van der Waals surface area contributed by atoms with Crippen LogP contribution in [0.15, 0.2) is 0 Å². The third kappa shape index (κ3) is 5.85. The van der Waals surface area contributed by atoms with Crippen LogP contribution in [0.5, 0.6) is 0 Å².